The minimum Gasteiger partial charge on any atom is -0.472 e. The molecule has 29 nitrogen and oxygen atoms in total. The summed E-state index contributed by atoms with van der Waals surface area (Å²) in [5.41, 5.74) is 35.6. The lowest BCUT2D eigenvalue weighted by Gasteiger charge is -2.45. The summed E-state index contributed by atoms with van der Waals surface area (Å²) >= 11 is 0. The lowest BCUT2D eigenvalue weighted by molar-refractivity contribution is -0.139. The summed E-state index contributed by atoms with van der Waals surface area (Å²) in [5, 5.41) is 37.5. The number of alkyl halides is 9. The molecule has 3 saturated carbocycles. The third-order valence-electron chi connectivity index (χ3n) is 21.9. The number of nitrogens with zero attached hydrogens (tertiary/aromatic N) is 14. The first-order valence-electron chi connectivity index (χ1n) is 37.2. The number of nitrogen functional groups attached to an aromatic ring is 3. The molecule has 3 aliphatic heterocycles. The number of nitrogens with one attached hydrogen (secondary N) is 1. The topological polar surface area (TPSA) is 413 Å². The zero-order valence-corrected chi connectivity index (χ0v) is 66.7. The maximum atomic E-state index is 13.4. The van der Waals surface area contributed by atoms with Gasteiger partial charge in [-0.25, -0.2) is 23.6 Å². The molecule has 15 rings (SSSR count). The van der Waals surface area contributed by atoms with Crippen molar-refractivity contribution in [1.29, 1.82) is 0 Å². The molecule has 6 aliphatic rings. The van der Waals surface area contributed by atoms with Crippen LogP contribution in [0.1, 0.15) is 182 Å². The zero-order chi connectivity index (χ0) is 84.6. The summed E-state index contributed by atoms with van der Waals surface area (Å²) in [4.78, 5) is 74.4. The summed E-state index contributed by atoms with van der Waals surface area (Å²) in [6.07, 6.45) is 2.59. The van der Waals surface area contributed by atoms with Crippen LogP contribution in [0.25, 0.3) is 33.8 Å². The van der Waals surface area contributed by atoms with Crippen molar-refractivity contribution in [3.63, 3.8) is 0 Å². The average Bonchev–Trinajstić information content (AvgIpc) is 1.54. The molecule has 9 aromatic rings. The van der Waals surface area contributed by atoms with Gasteiger partial charge in [-0.2, -0.15) is 70.1 Å². The molecule has 3 aliphatic carbocycles. The van der Waals surface area contributed by atoms with E-state index >= 15 is 0 Å². The van der Waals surface area contributed by atoms with Crippen LogP contribution in [-0.2, 0) is 52.5 Å². The Labute approximate surface area is 695 Å². The number of carboxylic acid groups (broad SMARTS) is 1. The lowest BCUT2D eigenvalue weighted by Crippen LogP contribution is -2.43. The van der Waals surface area contributed by atoms with Crippen molar-refractivity contribution in [3.05, 3.63) is 160 Å². The van der Waals surface area contributed by atoms with Crippen molar-refractivity contribution in [2.24, 2.45) is 33.4 Å². The van der Waals surface area contributed by atoms with Gasteiger partial charge in [0.1, 0.15) is 56.8 Å². The predicted molar refractivity (Wildman–Crippen MR) is 430 cm³/mol. The van der Waals surface area contributed by atoms with Crippen LogP contribution in [-0.4, -0.2) is 154 Å². The molecule has 0 bridgehead atoms. The van der Waals surface area contributed by atoms with E-state index in [0.29, 0.717) is 61.4 Å². The number of anilines is 3. The number of carboxylic acids is 1. The summed E-state index contributed by atoms with van der Waals surface area (Å²) in [7, 11) is 0. The molecular formula is C80H92Cl2F9N21O8. The van der Waals surface area contributed by atoms with Crippen LogP contribution in [0.3, 0.4) is 0 Å². The summed E-state index contributed by atoms with van der Waals surface area (Å²) in [6, 6.07) is 15.8. The molecule has 6 fully saturated rings. The zero-order valence-electron chi connectivity index (χ0n) is 65.1. The van der Waals surface area contributed by atoms with E-state index in [9.17, 15) is 68.3 Å². The minimum absolute atomic E-state index is 0. The smallest absolute Gasteiger partial charge is 0.416 e. The molecule has 14 N–H and O–H groups in total. The summed E-state index contributed by atoms with van der Waals surface area (Å²) < 4.78 is 135. The first-order valence-corrected chi connectivity index (χ1v) is 37.2. The highest BCUT2D eigenvalue weighted by atomic mass is 35.5. The molecule has 6 aromatic heterocycles. The molecule has 120 heavy (non-hydrogen) atoms. The molecule has 3 aromatic carbocycles. The highest BCUT2D eigenvalue weighted by Gasteiger charge is 2.54. The van der Waals surface area contributed by atoms with Gasteiger partial charge in [0.05, 0.1) is 73.0 Å². The SMILES string of the molecule is C.CC#CC(=O)N1CCC2(CC(n3nc(-c4cnn(Cc5ccccc5C(F)(F)F)c4)c(C(N)=O)c3N)C2)C1.CC#CC(=O)O.CC(C)(C)OC(=O)N1CCC2(CC(n3nc(-c4cnn(Cc5ccccc5C(F)(F)F)c4)c(C(N)=O)c3N)C2)C1.Cl.Cl.NC(=O)c1c(-c2cnn(Cc3ccccc3C(F)(F)F)c2)nn(C2CC3(CCNC3)C2)c1N. The fourth-order valence-corrected chi connectivity index (χ4v) is 16.5. The number of hydrogen-bond acceptors (Lipinski definition) is 17. The average molecular weight is 1720 g/mol. The van der Waals surface area contributed by atoms with E-state index in [1.165, 1.54) is 100 Å². The third-order valence-corrected chi connectivity index (χ3v) is 21.9. The number of aliphatic carboxylic acids is 1. The molecule has 5 amide bonds. The van der Waals surface area contributed by atoms with Crippen molar-refractivity contribution in [2.45, 2.75) is 162 Å². The van der Waals surface area contributed by atoms with E-state index in [0.717, 1.165) is 76.2 Å². The van der Waals surface area contributed by atoms with Gasteiger partial charge in [0.2, 0.25) is 0 Å². The standard InChI is InChI=1S/C27H32F3N7O3.C26H26F3N7O2.C22H24F3N7O.C4H4O2.CH4.2ClH/c1-25(2,3)40-24(39)35-9-8-26(15-35)10-18(11-26)37-22(31)20(23(32)38)21(34-37)17-12-33-36(14-17)13-16-6-4-5-7-19(16)27(28,29)30;1-2-5-20(37)34-9-8-25(15-34)10-18(11-25)36-23(30)21(24(31)38)22(33-36)17-12-32-35(14-17)13-16-6-3-4-7-19(16)26(27,28)29;23-22(24,25)16-4-2-1-3-13(16)10-31-11-14(9-29-31)18-17(20(27)33)19(26)32(30-18)15-7-21(8-15)5-6-28-12-21;1-2-3-4(5)6;;;/h4-7,12,14,18H,8-11,13,15,31H2,1-3H3,(H2,32,38);3-4,6-7,12,14,18H,8-11,13,15,30H2,1H3,(H2,31,38);1-4,9,11,15,28H,5-8,10,12,26H2,(H2,27,33);1H3,(H,5,6);1H4;2*1H. The molecular weight excluding hydrogens is 1620 g/mol. The maximum Gasteiger partial charge on any atom is 0.416 e. The van der Waals surface area contributed by atoms with Crippen LogP contribution < -0.4 is 39.7 Å². The van der Waals surface area contributed by atoms with Crippen molar-refractivity contribution >= 4 is 78.0 Å². The number of benzene rings is 3. The number of nitrogens with two attached hydrogens (primary N) is 6. The van der Waals surface area contributed by atoms with Crippen LogP contribution in [0.15, 0.2) is 110 Å². The fourth-order valence-electron chi connectivity index (χ4n) is 16.5. The van der Waals surface area contributed by atoms with Crippen molar-refractivity contribution in [2.75, 3.05) is 56.5 Å². The minimum atomic E-state index is -4.50. The second-order valence-electron chi connectivity index (χ2n) is 31.3. The number of primary amides is 3. The van der Waals surface area contributed by atoms with Gasteiger partial charge in [-0.3, -0.25) is 33.2 Å². The lowest BCUT2D eigenvalue weighted by atomic mass is 9.65. The van der Waals surface area contributed by atoms with E-state index in [1.54, 1.807) is 43.0 Å². The Morgan fingerprint density at radius 2 is 0.833 bits per heavy atom. The van der Waals surface area contributed by atoms with Crippen LogP contribution in [0, 0.1) is 39.9 Å². The Balaban J connectivity index is 0.000000196. The Bertz CT molecular complexity index is 5410. The monoisotopic (exact) mass is 1720 g/mol. The second-order valence-corrected chi connectivity index (χ2v) is 31.3. The second kappa shape index (κ2) is 35.9. The van der Waals surface area contributed by atoms with Gasteiger partial charge in [-0.1, -0.05) is 73.9 Å². The molecule has 0 atom stereocenters. The predicted octanol–water partition coefficient (Wildman–Crippen LogP) is 11.9. The number of carbonyl (C=O) groups excluding carboxylic acids is 5. The van der Waals surface area contributed by atoms with E-state index in [4.69, 9.17) is 44.2 Å². The molecule has 3 spiro atoms. The number of amides is 5. The highest BCUT2D eigenvalue weighted by Crippen LogP contribution is 2.57. The highest BCUT2D eigenvalue weighted by molar-refractivity contribution is 6.05. The van der Waals surface area contributed by atoms with Gasteiger partial charge < -0.3 is 59.4 Å². The third kappa shape index (κ3) is 19.9. The normalized spacial score (nSPS) is 20.1. The number of ether oxygens (including phenoxy) is 1. The van der Waals surface area contributed by atoms with Gasteiger partial charge >= 0.3 is 30.6 Å². The Morgan fingerprint density at radius 1 is 0.508 bits per heavy atom. The number of hydrogen-bond donors (Lipinski definition) is 8. The molecule has 642 valence electrons. The van der Waals surface area contributed by atoms with Crippen molar-refractivity contribution in [3.8, 4) is 57.5 Å². The van der Waals surface area contributed by atoms with E-state index in [-0.39, 0.29) is 160 Å². The Hall–Kier alpha value is -12.0. The van der Waals surface area contributed by atoms with Crippen molar-refractivity contribution in [1.82, 2.24) is 73.8 Å². The van der Waals surface area contributed by atoms with Crippen LogP contribution in [0.5, 0.6) is 0 Å². The van der Waals surface area contributed by atoms with Gasteiger partial charge in [0, 0.05) is 73.9 Å². The number of rotatable bonds is 15. The van der Waals surface area contributed by atoms with Crippen LogP contribution in [0.2, 0.25) is 0 Å². The molecule has 0 radical (unpaired) electrons. The van der Waals surface area contributed by atoms with Crippen LogP contribution in [0.4, 0.5) is 61.8 Å². The van der Waals surface area contributed by atoms with Gasteiger partial charge in [-0.15, -0.1) is 24.8 Å². The summed E-state index contributed by atoms with van der Waals surface area (Å²) in [5.74, 6) is 6.28. The maximum absolute atomic E-state index is 13.4. The number of likely N-dealkylation sites (tertiary alicyclic amines) is 2. The number of halogens is 11. The number of carbonyl (C=O) groups is 6. The quantitative estimate of drug-likeness (QED) is 0.0349. The first-order chi connectivity index (χ1) is 55.1. The molecule has 9 heterocycles. The van der Waals surface area contributed by atoms with Gasteiger partial charge in [0.15, 0.2) is 0 Å². The Kier molecular flexibility index (Phi) is 27.5. The molecule has 3 saturated heterocycles. The first kappa shape index (κ1) is 91.9. The van der Waals surface area contributed by atoms with E-state index < -0.39 is 64.5 Å². The molecule has 40 heteroatoms. The van der Waals surface area contributed by atoms with Gasteiger partial charge in [0.25, 0.3) is 23.6 Å². The van der Waals surface area contributed by atoms with Gasteiger partial charge in [-0.05, 0) is 156 Å². The largest absolute Gasteiger partial charge is 0.472 e. The molecule has 0 unspecified atom stereocenters. The Morgan fingerprint density at radius 3 is 1.12 bits per heavy atom. The van der Waals surface area contributed by atoms with Crippen LogP contribution >= 0.6 is 24.8 Å². The fraction of sp³-hybridized carbons (Fsp3) is 0.425. The van der Waals surface area contributed by atoms with E-state index in [2.05, 4.69) is 53.7 Å². The van der Waals surface area contributed by atoms with E-state index in [1.807, 2.05) is 26.7 Å². The van der Waals surface area contributed by atoms with Crippen molar-refractivity contribution < 1.29 is 78.1 Å². The number of aromatic nitrogens is 12. The summed E-state index contributed by atoms with van der Waals surface area (Å²) in [6.45, 7) is 12.6.